The van der Waals surface area contributed by atoms with Crippen molar-refractivity contribution >= 4 is 16.9 Å². The second-order valence-corrected chi connectivity index (χ2v) is 6.21. The molecule has 0 bridgehead atoms. The zero-order chi connectivity index (χ0) is 19.1. The van der Waals surface area contributed by atoms with Crippen molar-refractivity contribution in [1.29, 1.82) is 0 Å². The highest BCUT2D eigenvalue weighted by Gasteiger charge is 2.42. The smallest absolute Gasteiger partial charge is 0.290 e. The molecule has 4 rings (SSSR count). The van der Waals surface area contributed by atoms with Gasteiger partial charge in [-0.3, -0.25) is 9.59 Å². The fraction of sp³-hybridized carbons (Fsp3) is 0.200. The van der Waals surface area contributed by atoms with Gasteiger partial charge in [-0.05, 0) is 35.9 Å². The molecule has 3 aromatic rings. The van der Waals surface area contributed by atoms with Crippen molar-refractivity contribution in [2.45, 2.75) is 6.04 Å². The van der Waals surface area contributed by atoms with Crippen LogP contribution in [0.15, 0.2) is 51.7 Å². The van der Waals surface area contributed by atoms with E-state index in [1.165, 1.54) is 24.1 Å². The number of carbonyl (C=O) groups excluding carboxylic acids is 1. The highest BCUT2D eigenvalue weighted by atomic mass is 19.1. The van der Waals surface area contributed by atoms with Crippen molar-refractivity contribution in [3.05, 3.63) is 75.4 Å². The number of halogens is 1. The summed E-state index contributed by atoms with van der Waals surface area (Å²) in [5.41, 5.74) is 0.504. The van der Waals surface area contributed by atoms with Crippen LogP contribution in [0.5, 0.6) is 5.75 Å². The summed E-state index contributed by atoms with van der Waals surface area (Å²) in [7, 11) is 1.54. The molecule has 7 heteroatoms. The summed E-state index contributed by atoms with van der Waals surface area (Å²) < 4.78 is 24.5. The maximum Gasteiger partial charge on any atom is 0.290 e. The number of β-amino-alcohol motifs (C(OH)–C–C–N with tert-alkyl or cyclic N) is 1. The number of ether oxygens (including phenoxy) is 1. The first-order valence-electron chi connectivity index (χ1n) is 8.37. The second kappa shape index (κ2) is 6.51. The van der Waals surface area contributed by atoms with E-state index in [4.69, 9.17) is 9.15 Å². The number of amides is 1. The van der Waals surface area contributed by atoms with Crippen LogP contribution in [0.4, 0.5) is 4.39 Å². The molecular weight excluding hydrogens is 353 g/mol. The highest BCUT2D eigenvalue weighted by molar-refractivity contribution is 5.99. The fourth-order valence-corrected chi connectivity index (χ4v) is 3.46. The van der Waals surface area contributed by atoms with E-state index in [1.807, 2.05) is 0 Å². The number of benzene rings is 2. The first kappa shape index (κ1) is 17.2. The molecular formula is C20H16FNO5. The number of aliphatic hydroxyl groups excluding tert-OH is 1. The van der Waals surface area contributed by atoms with Crippen molar-refractivity contribution < 1.29 is 23.4 Å². The molecule has 2 heterocycles. The Bertz CT molecular complexity index is 1090. The molecule has 1 aliphatic heterocycles. The molecule has 1 amide bonds. The van der Waals surface area contributed by atoms with Crippen LogP contribution in [0.25, 0.3) is 11.0 Å². The minimum atomic E-state index is -0.727. The monoisotopic (exact) mass is 369 g/mol. The number of fused-ring (bicyclic) bond motifs is 2. The van der Waals surface area contributed by atoms with Crippen LogP contribution in [0.2, 0.25) is 0 Å². The van der Waals surface area contributed by atoms with Gasteiger partial charge in [0.2, 0.25) is 5.76 Å². The summed E-state index contributed by atoms with van der Waals surface area (Å²) in [4.78, 5) is 27.3. The molecule has 27 heavy (non-hydrogen) atoms. The SMILES string of the molecule is COc1ccc(C2c3c(oc4ccc(F)cc4c3=O)C(=O)N2CCO)cc1. The van der Waals surface area contributed by atoms with Gasteiger partial charge >= 0.3 is 0 Å². The van der Waals surface area contributed by atoms with Crippen LogP contribution >= 0.6 is 0 Å². The van der Waals surface area contributed by atoms with Gasteiger partial charge < -0.3 is 19.2 Å². The Morgan fingerprint density at radius 1 is 1.19 bits per heavy atom. The zero-order valence-corrected chi connectivity index (χ0v) is 14.4. The highest BCUT2D eigenvalue weighted by Crippen LogP contribution is 2.38. The van der Waals surface area contributed by atoms with Crippen LogP contribution in [-0.4, -0.2) is 36.2 Å². The molecule has 2 aromatic carbocycles. The Morgan fingerprint density at radius 2 is 1.93 bits per heavy atom. The van der Waals surface area contributed by atoms with E-state index in [9.17, 15) is 19.1 Å². The topological polar surface area (TPSA) is 80.0 Å². The third-order valence-electron chi connectivity index (χ3n) is 4.70. The Balaban J connectivity index is 1.97. The molecule has 138 valence electrons. The molecule has 1 unspecified atom stereocenters. The van der Waals surface area contributed by atoms with Gasteiger partial charge in [-0.15, -0.1) is 0 Å². The van der Waals surface area contributed by atoms with Crippen molar-refractivity contribution in [2.24, 2.45) is 0 Å². The average Bonchev–Trinajstić information content (AvgIpc) is 2.95. The Hall–Kier alpha value is -3.19. The molecule has 0 radical (unpaired) electrons. The normalized spacial score (nSPS) is 16.0. The van der Waals surface area contributed by atoms with Crippen molar-refractivity contribution in [3.63, 3.8) is 0 Å². The van der Waals surface area contributed by atoms with Crippen LogP contribution in [-0.2, 0) is 0 Å². The molecule has 1 N–H and O–H groups in total. The number of hydrogen-bond acceptors (Lipinski definition) is 5. The zero-order valence-electron chi connectivity index (χ0n) is 14.4. The predicted molar refractivity (Wildman–Crippen MR) is 95.4 cm³/mol. The van der Waals surface area contributed by atoms with Crippen LogP contribution in [0.1, 0.15) is 27.7 Å². The number of rotatable bonds is 4. The Kier molecular flexibility index (Phi) is 4.16. The lowest BCUT2D eigenvalue weighted by Gasteiger charge is -2.24. The molecule has 0 saturated heterocycles. The lowest BCUT2D eigenvalue weighted by molar-refractivity contribution is 0.0691. The van der Waals surface area contributed by atoms with E-state index in [0.717, 1.165) is 6.07 Å². The largest absolute Gasteiger partial charge is 0.497 e. The summed E-state index contributed by atoms with van der Waals surface area (Å²) in [5.74, 6) is -0.492. The van der Waals surface area contributed by atoms with Gasteiger partial charge in [0.25, 0.3) is 5.91 Å². The Labute approximate surface area is 153 Å². The minimum Gasteiger partial charge on any atom is -0.497 e. The minimum absolute atomic E-state index is 0.0316. The molecule has 0 fully saturated rings. The second-order valence-electron chi connectivity index (χ2n) is 6.21. The van der Waals surface area contributed by atoms with Gasteiger partial charge in [0.1, 0.15) is 17.1 Å². The van der Waals surface area contributed by atoms with Gasteiger partial charge in [-0.25, -0.2) is 4.39 Å². The van der Waals surface area contributed by atoms with Crippen LogP contribution < -0.4 is 10.2 Å². The van der Waals surface area contributed by atoms with Crippen LogP contribution in [0.3, 0.4) is 0 Å². The standard InChI is InChI=1S/C20H16FNO5/c1-26-13-5-2-11(3-6-13)17-16-18(24)14-10-12(21)4-7-15(14)27-19(16)20(25)22(17)8-9-23/h2-7,10,17,23H,8-9H2,1H3. The molecule has 0 aliphatic carbocycles. The van der Waals surface area contributed by atoms with Crippen LogP contribution in [0, 0.1) is 5.82 Å². The van der Waals surface area contributed by atoms with Gasteiger partial charge in [0.15, 0.2) is 5.43 Å². The van der Waals surface area contributed by atoms with E-state index in [2.05, 4.69) is 0 Å². The van der Waals surface area contributed by atoms with Gasteiger partial charge in [-0.2, -0.15) is 0 Å². The van der Waals surface area contributed by atoms with Gasteiger partial charge in [-0.1, -0.05) is 12.1 Å². The number of hydrogen-bond donors (Lipinski definition) is 1. The number of nitrogens with zero attached hydrogens (tertiary/aromatic N) is 1. The van der Waals surface area contributed by atoms with Gasteiger partial charge in [0, 0.05) is 6.54 Å². The number of methoxy groups -OCH3 is 1. The number of aliphatic hydroxyl groups is 1. The summed E-state index contributed by atoms with van der Waals surface area (Å²) in [6.07, 6.45) is 0. The van der Waals surface area contributed by atoms with E-state index in [-0.39, 0.29) is 35.4 Å². The quantitative estimate of drug-likeness (QED) is 0.764. The molecule has 1 aromatic heterocycles. The molecule has 1 atom stereocenters. The van der Waals surface area contributed by atoms with E-state index in [1.54, 1.807) is 24.3 Å². The van der Waals surface area contributed by atoms with E-state index >= 15 is 0 Å². The van der Waals surface area contributed by atoms with Gasteiger partial charge in [0.05, 0.1) is 30.7 Å². The summed E-state index contributed by atoms with van der Waals surface area (Å²) >= 11 is 0. The average molecular weight is 369 g/mol. The maximum atomic E-state index is 13.6. The number of carbonyl (C=O) groups is 1. The van der Waals surface area contributed by atoms with Crippen molar-refractivity contribution in [3.8, 4) is 5.75 Å². The summed E-state index contributed by atoms with van der Waals surface area (Å²) in [6.45, 7) is -0.238. The van der Waals surface area contributed by atoms with E-state index < -0.39 is 23.2 Å². The first-order valence-corrected chi connectivity index (χ1v) is 8.37. The summed E-state index contributed by atoms with van der Waals surface area (Å²) in [5, 5.41) is 9.47. The molecule has 1 aliphatic rings. The fourth-order valence-electron chi connectivity index (χ4n) is 3.46. The van der Waals surface area contributed by atoms with E-state index in [0.29, 0.717) is 11.3 Å². The summed E-state index contributed by atoms with van der Waals surface area (Å²) in [6, 6.07) is 9.80. The first-order chi connectivity index (χ1) is 13.0. The van der Waals surface area contributed by atoms with Crippen molar-refractivity contribution in [2.75, 3.05) is 20.3 Å². The maximum absolute atomic E-state index is 13.6. The lowest BCUT2D eigenvalue weighted by atomic mass is 9.98. The molecule has 0 spiro atoms. The molecule has 0 saturated carbocycles. The molecule has 6 nitrogen and oxygen atoms in total. The third-order valence-corrected chi connectivity index (χ3v) is 4.70. The Morgan fingerprint density at radius 3 is 2.59 bits per heavy atom. The lowest BCUT2D eigenvalue weighted by Crippen LogP contribution is -2.32. The predicted octanol–water partition coefficient (Wildman–Crippen LogP) is 2.48. The van der Waals surface area contributed by atoms with Crippen molar-refractivity contribution in [1.82, 2.24) is 4.90 Å². The third kappa shape index (κ3) is 2.67.